The molecule has 180 valence electrons. The maximum absolute atomic E-state index is 13.7. The van der Waals surface area contributed by atoms with Crippen molar-refractivity contribution in [2.75, 3.05) is 24.5 Å². The molecular formula is C27H26ClN3O4. The maximum atomic E-state index is 13.7. The van der Waals surface area contributed by atoms with Crippen LogP contribution >= 0.6 is 12.4 Å². The van der Waals surface area contributed by atoms with Gasteiger partial charge in [-0.15, -0.1) is 12.4 Å². The first-order valence-corrected chi connectivity index (χ1v) is 11.6. The molecule has 2 aromatic carbocycles. The number of carbonyl (C=O) groups is 2. The summed E-state index contributed by atoms with van der Waals surface area (Å²) in [6.07, 6.45) is 3.72. The molecule has 2 bridgehead atoms. The van der Waals surface area contributed by atoms with E-state index < -0.39 is 5.91 Å². The molecule has 0 aliphatic carbocycles. The largest absolute Gasteiger partial charge is 0.459 e. The number of carbonyl (C=O) groups excluding carboxylic acids is 2. The normalized spacial score (nSPS) is 21.0. The van der Waals surface area contributed by atoms with Crippen molar-refractivity contribution in [3.05, 3.63) is 78.4 Å². The standard InChI is InChI=1S/C27H25N3O4.ClH/c28-26(31)24-15-19-5-2-7-21(25(19)34-24)18-4-1-6-20(14-18)30(27(32)23-8-3-13-33-23)22-16-29-11-9-17(22)10-12-29;/h1-8,13-15,17,22H,9-12,16H2,(H2,28,31);1H/t22-;/m0./s1. The lowest BCUT2D eigenvalue weighted by Crippen LogP contribution is -2.59. The summed E-state index contributed by atoms with van der Waals surface area (Å²) in [7, 11) is 0. The minimum Gasteiger partial charge on any atom is -0.459 e. The fourth-order valence-corrected chi connectivity index (χ4v) is 5.44. The Hall–Kier alpha value is -3.55. The van der Waals surface area contributed by atoms with Crippen LogP contribution in [0.1, 0.15) is 34.0 Å². The minimum atomic E-state index is -0.603. The van der Waals surface area contributed by atoms with Crippen molar-refractivity contribution in [2.24, 2.45) is 11.7 Å². The monoisotopic (exact) mass is 491 g/mol. The number of amides is 2. The van der Waals surface area contributed by atoms with Gasteiger partial charge in [-0.05, 0) is 67.7 Å². The number of para-hydroxylation sites is 1. The Morgan fingerprint density at radius 1 is 0.971 bits per heavy atom. The molecule has 4 aromatic rings. The quantitative estimate of drug-likeness (QED) is 0.426. The van der Waals surface area contributed by atoms with Crippen LogP contribution in [0, 0.1) is 5.92 Å². The summed E-state index contributed by atoms with van der Waals surface area (Å²) in [5.74, 6) is 0.183. The fraction of sp³-hybridized carbons (Fsp3) is 0.259. The Morgan fingerprint density at radius 2 is 1.77 bits per heavy atom. The second kappa shape index (κ2) is 9.24. The molecule has 7 rings (SSSR count). The smallest absolute Gasteiger partial charge is 0.294 e. The summed E-state index contributed by atoms with van der Waals surface area (Å²) in [6.45, 7) is 3.04. The van der Waals surface area contributed by atoms with Crippen molar-refractivity contribution >= 4 is 40.9 Å². The van der Waals surface area contributed by atoms with Crippen molar-refractivity contribution < 1.29 is 18.4 Å². The van der Waals surface area contributed by atoms with Gasteiger partial charge < -0.3 is 24.4 Å². The number of nitrogens with two attached hydrogens (primary N) is 1. The summed E-state index contributed by atoms with van der Waals surface area (Å²) in [5, 5.41) is 0.803. The molecule has 0 radical (unpaired) electrons. The van der Waals surface area contributed by atoms with Gasteiger partial charge in [0, 0.05) is 23.2 Å². The first-order chi connectivity index (χ1) is 16.6. The molecule has 0 saturated carbocycles. The van der Waals surface area contributed by atoms with E-state index in [1.807, 2.05) is 47.4 Å². The summed E-state index contributed by atoms with van der Waals surface area (Å²) in [4.78, 5) is 29.7. The van der Waals surface area contributed by atoms with E-state index in [9.17, 15) is 9.59 Å². The van der Waals surface area contributed by atoms with Gasteiger partial charge in [0.25, 0.3) is 11.8 Å². The number of fused-ring (bicyclic) bond motifs is 4. The second-order valence-electron chi connectivity index (χ2n) is 9.11. The van der Waals surface area contributed by atoms with Gasteiger partial charge in [-0.2, -0.15) is 0 Å². The van der Waals surface area contributed by atoms with E-state index >= 15 is 0 Å². The molecule has 8 heteroatoms. The first kappa shape index (κ1) is 23.2. The first-order valence-electron chi connectivity index (χ1n) is 11.6. The third kappa shape index (κ3) is 4.11. The predicted octanol–water partition coefficient (Wildman–Crippen LogP) is 4.95. The molecule has 1 atom stereocenters. The highest BCUT2D eigenvalue weighted by Gasteiger charge is 2.40. The van der Waals surface area contributed by atoms with Crippen LogP contribution in [-0.4, -0.2) is 42.4 Å². The minimum absolute atomic E-state index is 0. The lowest BCUT2D eigenvalue weighted by Gasteiger charge is -2.48. The van der Waals surface area contributed by atoms with E-state index in [4.69, 9.17) is 14.6 Å². The van der Waals surface area contributed by atoms with Crippen molar-refractivity contribution in [1.29, 1.82) is 0 Å². The molecule has 2 amide bonds. The number of nitrogens with zero attached hydrogens (tertiary/aromatic N) is 2. The molecular weight excluding hydrogens is 466 g/mol. The Morgan fingerprint density at radius 3 is 2.46 bits per heavy atom. The number of anilines is 1. The highest BCUT2D eigenvalue weighted by Crippen LogP contribution is 2.37. The van der Waals surface area contributed by atoms with E-state index in [0.717, 1.165) is 54.7 Å². The summed E-state index contributed by atoms with van der Waals surface area (Å²) < 4.78 is 11.3. The SMILES string of the molecule is Cl.NC(=O)c1cc2cccc(-c3cccc(N(C(=O)c4ccco4)[C@H]4CN5CCC4CC5)c3)c2o1. The van der Waals surface area contributed by atoms with Crippen molar-refractivity contribution in [3.8, 4) is 11.1 Å². The Labute approximate surface area is 208 Å². The zero-order valence-electron chi connectivity index (χ0n) is 19.1. The number of halogens is 1. The molecule has 0 unspecified atom stereocenters. The molecule has 35 heavy (non-hydrogen) atoms. The van der Waals surface area contributed by atoms with E-state index in [2.05, 4.69) is 4.90 Å². The van der Waals surface area contributed by atoms with Gasteiger partial charge in [-0.3, -0.25) is 9.59 Å². The van der Waals surface area contributed by atoms with Crippen LogP contribution in [0.25, 0.3) is 22.1 Å². The van der Waals surface area contributed by atoms with Crippen molar-refractivity contribution in [2.45, 2.75) is 18.9 Å². The van der Waals surface area contributed by atoms with Crippen LogP contribution in [0.5, 0.6) is 0 Å². The highest BCUT2D eigenvalue weighted by atomic mass is 35.5. The lowest BCUT2D eigenvalue weighted by atomic mass is 9.82. The third-order valence-electron chi connectivity index (χ3n) is 7.13. The predicted molar refractivity (Wildman–Crippen MR) is 136 cm³/mol. The summed E-state index contributed by atoms with van der Waals surface area (Å²) >= 11 is 0. The molecule has 7 nitrogen and oxygen atoms in total. The van der Waals surface area contributed by atoms with E-state index in [0.29, 0.717) is 17.3 Å². The zero-order valence-corrected chi connectivity index (χ0v) is 19.9. The van der Waals surface area contributed by atoms with Crippen LogP contribution in [0.15, 0.2) is 75.8 Å². The molecule has 3 saturated heterocycles. The fourth-order valence-electron chi connectivity index (χ4n) is 5.44. The van der Waals surface area contributed by atoms with Crippen LogP contribution < -0.4 is 10.6 Å². The zero-order chi connectivity index (χ0) is 23.2. The third-order valence-corrected chi connectivity index (χ3v) is 7.13. The highest BCUT2D eigenvalue weighted by molar-refractivity contribution is 6.05. The molecule has 3 aliphatic rings. The van der Waals surface area contributed by atoms with Crippen LogP contribution in [0.2, 0.25) is 0 Å². The number of benzene rings is 2. The second-order valence-corrected chi connectivity index (χ2v) is 9.11. The van der Waals surface area contributed by atoms with Gasteiger partial charge in [0.15, 0.2) is 11.5 Å². The Kier molecular flexibility index (Phi) is 6.13. The van der Waals surface area contributed by atoms with Gasteiger partial charge >= 0.3 is 0 Å². The Bertz CT molecular complexity index is 1370. The summed E-state index contributed by atoms with van der Waals surface area (Å²) in [6, 6.07) is 18.9. The van der Waals surface area contributed by atoms with Crippen molar-refractivity contribution in [3.63, 3.8) is 0 Å². The molecule has 3 fully saturated rings. The van der Waals surface area contributed by atoms with E-state index in [1.54, 1.807) is 18.2 Å². The lowest BCUT2D eigenvalue weighted by molar-refractivity contribution is 0.0719. The summed E-state index contributed by atoms with van der Waals surface area (Å²) in [5.41, 5.74) is 8.58. The van der Waals surface area contributed by atoms with Gasteiger partial charge in [-0.25, -0.2) is 0 Å². The number of furan rings is 2. The van der Waals surface area contributed by atoms with Gasteiger partial charge in [0.2, 0.25) is 0 Å². The van der Waals surface area contributed by atoms with Crippen molar-refractivity contribution in [1.82, 2.24) is 4.90 Å². The number of piperidine rings is 3. The number of hydrogen-bond donors (Lipinski definition) is 1. The molecule has 3 aliphatic heterocycles. The average molecular weight is 492 g/mol. The van der Waals surface area contributed by atoms with Gasteiger partial charge in [-0.1, -0.05) is 30.3 Å². The van der Waals surface area contributed by atoms with Gasteiger partial charge in [0.1, 0.15) is 5.58 Å². The number of rotatable bonds is 5. The topological polar surface area (TPSA) is 92.9 Å². The maximum Gasteiger partial charge on any atom is 0.294 e. The van der Waals surface area contributed by atoms with E-state index in [-0.39, 0.29) is 30.1 Å². The van der Waals surface area contributed by atoms with Crippen LogP contribution in [-0.2, 0) is 0 Å². The van der Waals surface area contributed by atoms with Crippen LogP contribution in [0.3, 0.4) is 0 Å². The number of hydrogen-bond acceptors (Lipinski definition) is 5. The number of primary amides is 1. The van der Waals surface area contributed by atoms with Gasteiger partial charge in [0.05, 0.1) is 12.3 Å². The molecule has 5 heterocycles. The van der Waals surface area contributed by atoms with Crippen LogP contribution in [0.4, 0.5) is 5.69 Å². The Balaban J connectivity index is 0.00000253. The van der Waals surface area contributed by atoms with E-state index in [1.165, 1.54) is 6.26 Å². The molecule has 2 aromatic heterocycles. The average Bonchev–Trinajstić information content (AvgIpc) is 3.55. The molecule has 0 spiro atoms. The molecule has 2 N–H and O–H groups in total.